The van der Waals surface area contributed by atoms with E-state index in [0.29, 0.717) is 6.17 Å². The molecule has 1 aliphatic heterocycles. The first-order chi connectivity index (χ1) is 6.65. The highest BCUT2D eigenvalue weighted by Crippen LogP contribution is 2.07. The molecule has 0 aromatic heterocycles. The molecule has 0 N–H and O–H groups in total. The molecule has 108 valence electrons. The lowest BCUT2D eigenvalue weighted by Crippen LogP contribution is -2.53. The average molecular weight is 329 g/mol. The Labute approximate surface area is 129 Å². The van der Waals surface area contributed by atoms with Crippen LogP contribution >= 0.6 is 48.8 Å². The Morgan fingerprint density at radius 1 is 1.06 bits per heavy atom. The molecule has 0 bridgehead atoms. The third-order valence-electron chi connectivity index (χ3n) is 3.08. The van der Waals surface area contributed by atoms with E-state index in [-0.39, 0.29) is 37.2 Å². The highest BCUT2D eigenvalue weighted by atomic mass is 35.5. The minimum atomic E-state index is 0. The summed E-state index contributed by atoms with van der Waals surface area (Å²) in [5.41, 5.74) is 0. The molecule has 1 atom stereocenters. The SMILES string of the molecule is CC(N(C)C)N1CCN(CCCl)CC1.Cl.Cl.Cl. The number of rotatable bonds is 4. The van der Waals surface area contributed by atoms with Gasteiger partial charge in [-0.05, 0) is 21.0 Å². The van der Waals surface area contributed by atoms with Crippen molar-refractivity contribution in [3.05, 3.63) is 0 Å². The number of halogens is 4. The van der Waals surface area contributed by atoms with Crippen LogP contribution in [0.1, 0.15) is 6.92 Å². The molecule has 0 amide bonds. The van der Waals surface area contributed by atoms with Crippen LogP contribution in [0.15, 0.2) is 0 Å². The summed E-state index contributed by atoms with van der Waals surface area (Å²) >= 11 is 5.72. The first kappa shape index (κ1) is 23.2. The highest BCUT2D eigenvalue weighted by molar-refractivity contribution is 6.18. The lowest BCUT2D eigenvalue weighted by Gasteiger charge is -2.40. The summed E-state index contributed by atoms with van der Waals surface area (Å²) in [5.74, 6) is 0.753. The number of alkyl halides is 1. The maximum Gasteiger partial charge on any atom is 0.0589 e. The summed E-state index contributed by atoms with van der Waals surface area (Å²) in [7, 11) is 4.27. The fraction of sp³-hybridized carbons (Fsp3) is 1.00. The highest BCUT2D eigenvalue weighted by Gasteiger charge is 2.21. The number of piperazine rings is 1. The summed E-state index contributed by atoms with van der Waals surface area (Å²) in [6.45, 7) is 7.94. The Balaban J connectivity index is -0.000000653. The molecule has 1 heterocycles. The van der Waals surface area contributed by atoms with Crippen molar-refractivity contribution in [2.24, 2.45) is 0 Å². The van der Waals surface area contributed by atoms with Gasteiger partial charge in [-0.3, -0.25) is 14.7 Å². The van der Waals surface area contributed by atoms with Gasteiger partial charge in [-0.2, -0.15) is 0 Å². The van der Waals surface area contributed by atoms with Crippen LogP contribution < -0.4 is 0 Å². The first-order valence-corrected chi connectivity index (χ1v) is 5.87. The fourth-order valence-corrected chi connectivity index (χ4v) is 2.05. The monoisotopic (exact) mass is 327 g/mol. The molecule has 0 spiro atoms. The molecule has 0 aromatic rings. The quantitative estimate of drug-likeness (QED) is 0.731. The lowest BCUT2D eigenvalue weighted by molar-refractivity contribution is 0.0438. The van der Waals surface area contributed by atoms with Crippen LogP contribution in [0.3, 0.4) is 0 Å². The summed E-state index contributed by atoms with van der Waals surface area (Å²) in [6, 6.07) is 0. The van der Waals surface area contributed by atoms with Gasteiger partial charge in [-0.25, -0.2) is 0 Å². The molecule has 0 radical (unpaired) electrons. The zero-order valence-corrected chi connectivity index (χ0v) is 14.0. The van der Waals surface area contributed by atoms with Crippen molar-refractivity contribution in [3.8, 4) is 0 Å². The van der Waals surface area contributed by atoms with Gasteiger partial charge >= 0.3 is 0 Å². The first-order valence-electron chi connectivity index (χ1n) is 5.34. The minimum absolute atomic E-state index is 0. The van der Waals surface area contributed by atoms with E-state index in [1.807, 2.05) is 0 Å². The largest absolute Gasteiger partial charge is 0.300 e. The number of nitrogens with zero attached hydrogens (tertiary/aromatic N) is 3. The number of hydrogen-bond acceptors (Lipinski definition) is 3. The smallest absolute Gasteiger partial charge is 0.0589 e. The Bertz CT molecular complexity index is 164. The van der Waals surface area contributed by atoms with E-state index in [0.717, 1.165) is 38.6 Å². The van der Waals surface area contributed by atoms with Crippen LogP contribution in [0.25, 0.3) is 0 Å². The van der Waals surface area contributed by atoms with Crippen molar-refractivity contribution in [1.29, 1.82) is 0 Å². The molecule has 3 nitrogen and oxygen atoms in total. The lowest BCUT2D eigenvalue weighted by atomic mass is 10.3. The molecule has 1 saturated heterocycles. The van der Waals surface area contributed by atoms with Gasteiger partial charge in [0, 0.05) is 38.6 Å². The van der Waals surface area contributed by atoms with E-state index in [2.05, 4.69) is 35.7 Å². The van der Waals surface area contributed by atoms with Crippen LogP contribution in [0, 0.1) is 0 Å². The maximum atomic E-state index is 5.72. The van der Waals surface area contributed by atoms with Crippen molar-refractivity contribution < 1.29 is 0 Å². The van der Waals surface area contributed by atoms with Crippen molar-refractivity contribution in [3.63, 3.8) is 0 Å². The molecule has 1 fully saturated rings. The van der Waals surface area contributed by atoms with Crippen molar-refractivity contribution in [2.75, 3.05) is 52.7 Å². The van der Waals surface area contributed by atoms with Crippen LogP contribution in [0.4, 0.5) is 0 Å². The Hall–Kier alpha value is 1.04. The molecular formula is C10H25Cl4N3. The second kappa shape index (κ2) is 12.1. The van der Waals surface area contributed by atoms with Gasteiger partial charge in [-0.1, -0.05) is 0 Å². The van der Waals surface area contributed by atoms with Gasteiger partial charge in [0.25, 0.3) is 0 Å². The van der Waals surface area contributed by atoms with Gasteiger partial charge < -0.3 is 0 Å². The summed E-state index contributed by atoms with van der Waals surface area (Å²) < 4.78 is 0. The topological polar surface area (TPSA) is 9.72 Å². The Morgan fingerprint density at radius 3 is 1.88 bits per heavy atom. The molecular weight excluding hydrogens is 304 g/mol. The molecule has 17 heavy (non-hydrogen) atoms. The molecule has 0 aromatic carbocycles. The minimum Gasteiger partial charge on any atom is -0.300 e. The molecule has 0 saturated carbocycles. The normalized spacial score (nSPS) is 18.9. The number of hydrogen-bond donors (Lipinski definition) is 0. The zero-order chi connectivity index (χ0) is 10.6. The molecule has 7 heteroatoms. The van der Waals surface area contributed by atoms with E-state index >= 15 is 0 Å². The third-order valence-corrected chi connectivity index (χ3v) is 3.25. The van der Waals surface area contributed by atoms with E-state index in [4.69, 9.17) is 11.6 Å². The second-order valence-electron chi connectivity index (χ2n) is 4.16. The van der Waals surface area contributed by atoms with Gasteiger partial charge in [0.2, 0.25) is 0 Å². The van der Waals surface area contributed by atoms with Crippen molar-refractivity contribution in [1.82, 2.24) is 14.7 Å². The third kappa shape index (κ3) is 7.93. The van der Waals surface area contributed by atoms with E-state index in [1.54, 1.807) is 0 Å². The Kier molecular flexibility index (Phi) is 16.5. The fourth-order valence-electron chi connectivity index (χ4n) is 1.81. The van der Waals surface area contributed by atoms with Gasteiger partial charge in [0.05, 0.1) is 6.17 Å². The van der Waals surface area contributed by atoms with Crippen LogP contribution in [0.2, 0.25) is 0 Å². The van der Waals surface area contributed by atoms with Crippen molar-refractivity contribution in [2.45, 2.75) is 13.1 Å². The summed E-state index contributed by atoms with van der Waals surface area (Å²) in [6.07, 6.45) is 0.549. The molecule has 1 unspecified atom stereocenters. The van der Waals surface area contributed by atoms with E-state index < -0.39 is 0 Å². The van der Waals surface area contributed by atoms with Gasteiger partial charge in [-0.15, -0.1) is 48.8 Å². The predicted molar refractivity (Wildman–Crippen MR) is 83.6 cm³/mol. The van der Waals surface area contributed by atoms with Gasteiger partial charge in [0.15, 0.2) is 0 Å². The molecule has 1 aliphatic rings. The van der Waals surface area contributed by atoms with Crippen LogP contribution in [0.5, 0.6) is 0 Å². The second-order valence-corrected chi connectivity index (χ2v) is 4.54. The van der Waals surface area contributed by atoms with Crippen LogP contribution in [-0.4, -0.2) is 73.6 Å². The summed E-state index contributed by atoms with van der Waals surface area (Å²) in [5, 5.41) is 0. The van der Waals surface area contributed by atoms with E-state index in [1.165, 1.54) is 0 Å². The van der Waals surface area contributed by atoms with Crippen molar-refractivity contribution >= 4 is 48.8 Å². The maximum absolute atomic E-state index is 5.72. The standard InChI is InChI=1S/C10H22ClN3.3ClH/c1-10(12(2)3)14-8-6-13(5-4-11)7-9-14;;;/h10H,4-9H2,1-3H3;3*1H. The zero-order valence-electron chi connectivity index (χ0n) is 10.8. The Morgan fingerprint density at radius 2 is 1.53 bits per heavy atom. The molecule has 1 rings (SSSR count). The van der Waals surface area contributed by atoms with Gasteiger partial charge in [0.1, 0.15) is 0 Å². The van der Waals surface area contributed by atoms with Crippen LogP contribution in [-0.2, 0) is 0 Å². The predicted octanol–water partition coefficient (Wildman–Crippen LogP) is 2.02. The average Bonchev–Trinajstić information content (AvgIpc) is 2.18. The molecule has 0 aliphatic carbocycles. The summed E-state index contributed by atoms with van der Waals surface area (Å²) in [4.78, 5) is 7.22. The van der Waals surface area contributed by atoms with E-state index in [9.17, 15) is 0 Å².